The van der Waals surface area contributed by atoms with Crippen LogP contribution in [0.4, 0.5) is 0 Å². The molecule has 0 spiro atoms. The van der Waals surface area contributed by atoms with E-state index in [1.807, 2.05) is 18.2 Å². The van der Waals surface area contributed by atoms with Gasteiger partial charge in [0.2, 0.25) is 0 Å². The number of ether oxygens (including phenoxy) is 1. The summed E-state index contributed by atoms with van der Waals surface area (Å²) >= 11 is 9.31. The van der Waals surface area contributed by atoms with Gasteiger partial charge in [-0.3, -0.25) is 0 Å². The van der Waals surface area contributed by atoms with Crippen molar-refractivity contribution in [2.75, 3.05) is 0 Å². The highest BCUT2D eigenvalue weighted by Gasteiger charge is 2.17. The Kier molecular flexibility index (Phi) is 2.37. The Bertz CT molecular complexity index is 521. The molecule has 2 nitrogen and oxygen atoms in total. The molecular weight excluding hydrogens is 289 g/mol. The van der Waals surface area contributed by atoms with E-state index in [9.17, 15) is 0 Å². The number of hydrogen-bond donors (Lipinski definition) is 0. The zero-order valence-corrected chi connectivity index (χ0v) is 10.5. The number of rotatable bonds is 0. The van der Waals surface area contributed by atoms with E-state index in [1.165, 1.54) is 0 Å². The van der Waals surface area contributed by atoms with Crippen LogP contribution in [0.25, 0.3) is 0 Å². The summed E-state index contributed by atoms with van der Waals surface area (Å²) in [6.45, 7) is 0. The van der Waals surface area contributed by atoms with Crippen LogP contribution in [-0.4, -0.2) is 4.98 Å². The van der Waals surface area contributed by atoms with Gasteiger partial charge in [-0.1, -0.05) is 27.5 Å². The highest BCUT2D eigenvalue weighted by molar-refractivity contribution is 9.10. The van der Waals surface area contributed by atoms with Crippen molar-refractivity contribution in [1.29, 1.82) is 0 Å². The van der Waals surface area contributed by atoms with E-state index in [4.69, 9.17) is 16.3 Å². The summed E-state index contributed by atoms with van der Waals surface area (Å²) in [5.41, 5.74) is 2.23. The predicted octanol–water partition coefficient (Wildman–Crippen LogP) is 4.19. The number of aromatic nitrogens is 1. The molecule has 2 heterocycles. The number of hydrogen-bond acceptors (Lipinski definition) is 2. The molecular formula is C12H7BrClNO. The number of fused-ring (bicyclic) bond motifs is 2. The van der Waals surface area contributed by atoms with E-state index in [0.717, 1.165) is 33.5 Å². The average Bonchev–Trinajstić information content (AvgIpc) is 2.26. The first-order valence-electron chi connectivity index (χ1n) is 4.83. The zero-order valence-electron chi connectivity index (χ0n) is 8.21. The van der Waals surface area contributed by atoms with Crippen molar-refractivity contribution in [1.82, 2.24) is 4.98 Å². The van der Waals surface area contributed by atoms with E-state index < -0.39 is 0 Å². The van der Waals surface area contributed by atoms with E-state index in [2.05, 4.69) is 27.0 Å². The fraction of sp³-hybridized carbons (Fsp3) is 0.0833. The summed E-state index contributed by atoms with van der Waals surface area (Å²) in [6.07, 6.45) is 2.50. The van der Waals surface area contributed by atoms with Gasteiger partial charge >= 0.3 is 0 Å². The number of benzene rings is 1. The lowest BCUT2D eigenvalue weighted by Gasteiger charge is -2.19. The summed E-state index contributed by atoms with van der Waals surface area (Å²) in [5, 5.41) is 0.501. The molecule has 0 aliphatic carbocycles. The van der Waals surface area contributed by atoms with Gasteiger partial charge in [-0.2, -0.15) is 0 Å². The van der Waals surface area contributed by atoms with Crippen LogP contribution in [-0.2, 0) is 6.42 Å². The van der Waals surface area contributed by atoms with E-state index in [0.29, 0.717) is 5.15 Å². The largest absolute Gasteiger partial charge is 0.455 e. The molecule has 2 aromatic rings. The fourth-order valence-corrected chi connectivity index (χ4v) is 2.38. The smallest absolute Gasteiger partial charge is 0.149 e. The van der Waals surface area contributed by atoms with Crippen molar-refractivity contribution >= 4 is 27.5 Å². The lowest BCUT2D eigenvalue weighted by atomic mass is 10.0. The summed E-state index contributed by atoms with van der Waals surface area (Å²) in [5.74, 6) is 1.68. The van der Waals surface area contributed by atoms with Crippen molar-refractivity contribution in [3.8, 4) is 11.5 Å². The molecule has 0 atom stereocenters. The minimum Gasteiger partial charge on any atom is -0.455 e. The molecule has 1 aromatic carbocycles. The zero-order chi connectivity index (χ0) is 11.1. The molecule has 0 radical (unpaired) electrons. The topological polar surface area (TPSA) is 22.1 Å². The van der Waals surface area contributed by atoms with Gasteiger partial charge in [0.05, 0.1) is 6.20 Å². The summed E-state index contributed by atoms with van der Waals surface area (Å²) in [7, 11) is 0. The van der Waals surface area contributed by atoms with Crippen molar-refractivity contribution in [2.45, 2.75) is 6.42 Å². The maximum Gasteiger partial charge on any atom is 0.149 e. The Balaban J connectivity index is 2.10. The van der Waals surface area contributed by atoms with Gasteiger partial charge in [0.25, 0.3) is 0 Å². The van der Waals surface area contributed by atoms with Gasteiger partial charge in [-0.15, -0.1) is 0 Å². The molecule has 80 valence electrons. The normalized spacial score (nSPS) is 12.6. The number of halogens is 2. The lowest BCUT2D eigenvalue weighted by molar-refractivity contribution is 0.457. The van der Waals surface area contributed by atoms with Gasteiger partial charge in [0.15, 0.2) is 0 Å². The van der Waals surface area contributed by atoms with Gasteiger partial charge in [0, 0.05) is 22.0 Å². The first-order chi connectivity index (χ1) is 7.72. The molecule has 3 rings (SSSR count). The minimum absolute atomic E-state index is 0.501. The highest BCUT2D eigenvalue weighted by Crippen LogP contribution is 2.37. The van der Waals surface area contributed by atoms with Crippen molar-refractivity contribution in [2.24, 2.45) is 0 Å². The summed E-state index contributed by atoms with van der Waals surface area (Å²) in [4.78, 5) is 4.01. The molecule has 4 heteroatoms. The average molecular weight is 297 g/mol. The van der Waals surface area contributed by atoms with Crippen LogP contribution in [0.15, 0.2) is 34.9 Å². The second-order valence-electron chi connectivity index (χ2n) is 3.65. The van der Waals surface area contributed by atoms with E-state index in [1.54, 1.807) is 6.20 Å². The Labute approximate surface area is 106 Å². The summed E-state index contributed by atoms with van der Waals surface area (Å²) in [6, 6.07) is 7.83. The van der Waals surface area contributed by atoms with Crippen LogP contribution in [0.2, 0.25) is 5.15 Å². The second-order valence-corrected chi connectivity index (χ2v) is 4.95. The Morgan fingerprint density at radius 1 is 1.19 bits per heavy atom. The third-order valence-corrected chi connectivity index (χ3v) is 3.24. The third kappa shape index (κ3) is 1.70. The van der Waals surface area contributed by atoms with Crippen molar-refractivity contribution in [3.63, 3.8) is 0 Å². The molecule has 0 saturated heterocycles. The summed E-state index contributed by atoms with van der Waals surface area (Å²) < 4.78 is 6.80. The van der Waals surface area contributed by atoms with Crippen LogP contribution >= 0.6 is 27.5 Å². The van der Waals surface area contributed by atoms with Gasteiger partial charge in [-0.25, -0.2) is 4.98 Å². The Morgan fingerprint density at radius 3 is 2.88 bits per heavy atom. The maximum atomic E-state index is 5.86. The first-order valence-corrected chi connectivity index (χ1v) is 6.00. The molecule has 1 aliphatic rings. The van der Waals surface area contributed by atoms with Crippen molar-refractivity contribution < 1.29 is 4.74 Å². The number of nitrogens with zero attached hydrogens (tertiary/aromatic N) is 1. The standard InChI is InChI=1S/C12H7BrClNO/c13-9-1-2-10-7(4-9)3-8-5-12(14)15-6-11(8)16-10/h1-2,4-6H,3H2. The monoisotopic (exact) mass is 295 g/mol. The van der Waals surface area contributed by atoms with Crippen LogP contribution < -0.4 is 4.74 Å². The number of pyridine rings is 1. The van der Waals surface area contributed by atoms with Gasteiger partial charge in [0.1, 0.15) is 16.7 Å². The molecule has 0 amide bonds. The molecule has 0 fully saturated rings. The van der Waals surface area contributed by atoms with Crippen LogP contribution in [0.3, 0.4) is 0 Å². The minimum atomic E-state index is 0.501. The van der Waals surface area contributed by atoms with E-state index in [-0.39, 0.29) is 0 Å². The molecule has 0 unspecified atom stereocenters. The molecule has 1 aromatic heterocycles. The molecule has 0 saturated carbocycles. The van der Waals surface area contributed by atoms with Crippen LogP contribution in [0, 0.1) is 0 Å². The van der Waals surface area contributed by atoms with Gasteiger partial charge in [-0.05, 0) is 24.3 Å². The highest BCUT2D eigenvalue weighted by atomic mass is 79.9. The second kappa shape index (κ2) is 3.75. The Morgan fingerprint density at radius 2 is 2.00 bits per heavy atom. The SMILES string of the molecule is Clc1cc2c(cn1)Oc1ccc(Br)cc1C2. The van der Waals surface area contributed by atoms with E-state index >= 15 is 0 Å². The predicted molar refractivity (Wildman–Crippen MR) is 66.3 cm³/mol. The van der Waals surface area contributed by atoms with Gasteiger partial charge < -0.3 is 4.74 Å². The molecule has 16 heavy (non-hydrogen) atoms. The maximum absolute atomic E-state index is 5.86. The van der Waals surface area contributed by atoms with Crippen molar-refractivity contribution in [3.05, 3.63) is 51.2 Å². The third-order valence-electron chi connectivity index (χ3n) is 2.54. The fourth-order valence-electron chi connectivity index (χ4n) is 1.79. The van der Waals surface area contributed by atoms with Crippen LogP contribution in [0.5, 0.6) is 11.5 Å². The molecule has 0 N–H and O–H groups in total. The van der Waals surface area contributed by atoms with Crippen LogP contribution in [0.1, 0.15) is 11.1 Å². The Hall–Kier alpha value is -1.06. The lowest BCUT2D eigenvalue weighted by Crippen LogP contribution is -2.03. The quantitative estimate of drug-likeness (QED) is 0.580. The first kappa shape index (κ1) is 10.1. The molecule has 0 bridgehead atoms. The molecule has 1 aliphatic heterocycles.